The second-order valence-corrected chi connectivity index (χ2v) is 6.42. The third kappa shape index (κ3) is 1.80. The molecule has 20 heavy (non-hydrogen) atoms. The van der Waals surface area contributed by atoms with Crippen molar-refractivity contribution >= 4 is 28.6 Å². The minimum Gasteiger partial charge on any atom is -0.395 e. The van der Waals surface area contributed by atoms with Gasteiger partial charge in [-0.1, -0.05) is 0 Å². The SMILES string of the molecule is C[C@@]1(O)[C@H](O)[C@H](CO)S[C@@H]1n1ccc2c(N)ncnc21. The van der Waals surface area contributed by atoms with E-state index in [0.717, 1.165) is 0 Å². The molecule has 0 amide bonds. The largest absolute Gasteiger partial charge is 0.395 e. The molecule has 3 heterocycles. The highest BCUT2D eigenvalue weighted by Gasteiger charge is 2.52. The lowest BCUT2D eigenvalue weighted by atomic mass is 9.96. The van der Waals surface area contributed by atoms with Gasteiger partial charge >= 0.3 is 0 Å². The molecule has 0 saturated carbocycles. The molecule has 0 spiro atoms. The second-order valence-electron chi connectivity index (χ2n) is 5.10. The Labute approximate surface area is 119 Å². The Morgan fingerprint density at radius 3 is 2.90 bits per heavy atom. The minimum atomic E-state index is -1.37. The van der Waals surface area contributed by atoms with Gasteiger partial charge < -0.3 is 25.6 Å². The molecule has 3 rings (SSSR count). The van der Waals surface area contributed by atoms with Crippen LogP contribution < -0.4 is 5.73 Å². The molecule has 4 atom stereocenters. The minimum absolute atomic E-state index is 0.200. The second kappa shape index (κ2) is 4.59. The van der Waals surface area contributed by atoms with Crippen LogP contribution in [0.5, 0.6) is 0 Å². The third-order valence-corrected chi connectivity index (χ3v) is 5.45. The molecule has 0 radical (unpaired) electrons. The maximum Gasteiger partial charge on any atom is 0.146 e. The highest BCUT2D eigenvalue weighted by atomic mass is 32.2. The molecule has 1 aliphatic heterocycles. The molecule has 0 aliphatic carbocycles. The van der Waals surface area contributed by atoms with Crippen LogP contribution in [-0.2, 0) is 0 Å². The van der Waals surface area contributed by atoms with Crippen LogP contribution in [0.2, 0.25) is 0 Å². The first-order valence-electron chi connectivity index (χ1n) is 6.20. The molecule has 2 aromatic heterocycles. The Balaban J connectivity index is 2.10. The molecular weight excluding hydrogens is 280 g/mol. The van der Waals surface area contributed by atoms with Crippen molar-refractivity contribution in [1.29, 1.82) is 0 Å². The number of thioether (sulfide) groups is 1. The first kappa shape index (κ1) is 13.6. The topological polar surface area (TPSA) is 117 Å². The van der Waals surface area contributed by atoms with E-state index in [9.17, 15) is 15.3 Å². The number of aliphatic hydroxyl groups is 3. The Bertz CT molecular complexity index is 645. The lowest BCUT2D eigenvalue weighted by Gasteiger charge is -2.29. The molecule has 1 aliphatic rings. The number of fused-ring (bicyclic) bond motifs is 1. The Morgan fingerprint density at radius 1 is 1.50 bits per heavy atom. The zero-order valence-corrected chi connectivity index (χ0v) is 11.7. The number of anilines is 1. The predicted octanol–water partition coefficient (Wildman–Crippen LogP) is -0.268. The first-order chi connectivity index (χ1) is 9.46. The molecule has 108 valence electrons. The van der Waals surface area contributed by atoms with Crippen LogP contribution in [0, 0.1) is 0 Å². The summed E-state index contributed by atoms with van der Waals surface area (Å²) in [5, 5.41) is 29.8. The van der Waals surface area contributed by atoms with Gasteiger partial charge in [-0.2, -0.15) is 0 Å². The smallest absolute Gasteiger partial charge is 0.146 e. The Kier molecular flexibility index (Phi) is 3.13. The van der Waals surface area contributed by atoms with E-state index in [-0.39, 0.29) is 6.61 Å². The number of aromatic nitrogens is 3. The summed E-state index contributed by atoms with van der Waals surface area (Å²) in [6.45, 7) is 1.36. The average molecular weight is 296 g/mol. The summed E-state index contributed by atoms with van der Waals surface area (Å²) in [6, 6.07) is 1.78. The molecule has 0 aromatic carbocycles. The van der Waals surface area contributed by atoms with Crippen molar-refractivity contribution in [1.82, 2.24) is 14.5 Å². The van der Waals surface area contributed by atoms with Crippen LogP contribution in [0.25, 0.3) is 11.0 Å². The van der Waals surface area contributed by atoms with E-state index in [2.05, 4.69) is 9.97 Å². The van der Waals surface area contributed by atoms with Crippen molar-refractivity contribution in [3.8, 4) is 0 Å². The number of nitrogens with two attached hydrogens (primary N) is 1. The van der Waals surface area contributed by atoms with Crippen LogP contribution in [0.15, 0.2) is 18.6 Å². The van der Waals surface area contributed by atoms with Crippen LogP contribution in [0.1, 0.15) is 12.3 Å². The van der Waals surface area contributed by atoms with E-state index >= 15 is 0 Å². The van der Waals surface area contributed by atoms with Gasteiger partial charge in [0.2, 0.25) is 0 Å². The van der Waals surface area contributed by atoms with E-state index in [1.807, 2.05) is 0 Å². The van der Waals surface area contributed by atoms with Gasteiger partial charge in [-0.05, 0) is 13.0 Å². The number of hydrogen-bond donors (Lipinski definition) is 4. The van der Waals surface area contributed by atoms with Crippen molar-refractivity contribution in [3.63, 3.8) is 0 Å². The van der Waals surface area contributed by atoms with Crippen LogP contribution in [0.4, 0.5) is 5.82 Å². The van der Waals surface area contributed by atoms with Gasteiger partial charge in [-0.3, -0.25) is 0 Å². The number of hydrogen-bond acceptors (Lipinski definition) is 7. The molecule has 0 bridgehead atoms. The van der Waals surface area contributed by atoms with Crippen molar-refractivity contribution in [3.05, 3.63) is 18.6 Å². The van der Waals surface area contributed by atoms with Crippen molar-refractivity contribution in [2.75, 3.05) is 12.3 Å². The predicted molar refractivity (Wildman–Crippen MR) is 76.1 cm³/mol. The van der Waals surface area contributed by atoms with Gasteiger partial charge in [0.15, 0.2) is 0 Å². The van der Waals surface area contributed by atoms with Gasteiger partial charge in [-0.15, -0.1) is 11.8 Å². The highest BCUT2D eigenvalue weighted by Crippen LogP contribution is 2.49. The Hall–Kier alpha value is -1.35. The summed E-state index contributed by atoms with van der Waals surface area (Å²) in [6.07, 6.45) is 2.11. The van der Waals surface area contributed by atoms with E-state index in [1.54, 1.807) is 23.8 Å². The van der Waals surface area contributed by atoms with Crippen LogP contribution in [0.3, 0.4) is 0 Å². The third-order valence-electron chi connectivity index (χ3n) is 3.73. The normalized spacial score (nSPS) is 33.9. The maximum atomic E-state index is 10.5. The van der Waals surface area contributed by atoms with Crippen LogP contribution in [-0.4, -0.2) is 53.4 Å². The zero-order valence-electron chi connectivity index (χ0n) is 10.8. The fourth-order valence-corrected chi connectivity index (χ4v) is 4.13. The number of rotatable bonds is 2. The molecule has 5 N–H and O–H groups in total. The lowest BCUT2D eigenvalue weighted by molar-refractivity contribution is -0.0671. The summed E-state index contributed by atoms with van der Waals surface area (Å²) < 4.78 is 1.76. The van der Waals surface area contributed by atoms with E-state index in [1.165, 1.54) is 18.1 Å². The Morgan fingerprint density at radius 2 is 2.25 bits per heavy atom. The van der Waals surface area contributed by atoms with E-state index in [0.29, 0.717) is 16.9 Å². The fraction of sp³-hybridized carbons (Fsp3) is 0.500. The highest BCUT2D eigenvalue weighted by molar-refractivity contribution is 8.00. The van der Waals surface area contributed by atoms with Crippen molar-refractivity contribution < 1.29 is 15.3 Å². The summed E-state index contributed by atoms with van der Waals surface area (Å²) in [7, 11) is 0. The molecule has 7 nitrogen and oxygen atoms in total. The number of aliphatic hydroxyl groups excluding tert-OH is 2. The maximum absolute atomic E-state index is 10.5. The van der Waals surface area contributed by atoms with Gasteiger partial charge in [0.05, 0.1) is 23.3 Å². The fourth-order valence-electron chi connectivity index (χ4n) is 2.57. The number of nitrogen functional groups attached to an aromatic ring is 1. The quantitative estimate of drug-likeness (QED) is 0.602. The van der Waals surface area contributed by atoms with Crippen molar-refractivity contribution in [2.24, 2.45) is 0 Å². The lowest BCUT2D eigenvalue weighted by Crippen LogP contribution is -2.44. The summed E-state index contributed by atoms with van der Waals surface area (Å²) in [5.41, 5.74) is 5.02. The molecule has 0 unspecified atom stereocenters. The van der Waals surface area contributed by atoms with Gasteiger partial charge in [0.1, 0.15) is 28.8 Å². The van der Waals surface area contributed by atoms with Crippen molar-refractivity contribution in [2.45, 2.75) is 29.3 Å². The van der Waals surface area contributed by atoms with Gasteiger partial charge in [0, 0.05) is 6.20 Å². The summed E-state index contributed by atoms with van der Waals surface area (Å²) in [4.78, 5) is 8.12. The summed E-state index contributed by atoms with van der Waals surface area (Å²) >= 11 is 1.32. The first-order valence-corrected chi connectivity index (χ1v) is 7.15. The summed E-state index contributed by atoms with van der Waals surface area (Å²) in [5.74, 6) is 0.371. The molecule has 2 aromatic rings. The van der Waals surface area contributed by atoms with Gasteiger partial charge in [-0.25, -0.2) is 9.97 Å². The molecule has 1 fully saturated rings. The molecule has 8 heteroatoms. The van der Waals surface area contributed by atoms with Crippen LogP contribution >= 0.6 is 11.8 Å². The van der Waals surface area contributed by atoms with E-state index < -0.39 is 22.3 Å². The monoisotopic (exact) mass is 296 g/mol. The molecular formula is C12H16N4O3S. The zero-order chi connectivity index (χ0) is 14.5. The molecule has 1 saturated heterocycles. The van der Waals surface area contributed by atoms with E-state index in [4.69, 9.17) is 5.73 Å². The average Bonchev–Trinajstić information content (AvgIpc) is 2.92. The van der Waals surface area contributed by atoms with Gasteiger partial charge in [0.25, 0.3) is 0 Å². The standard InChI is InChI=1S/C12H16N4O3S/c1-12(19)8(18)7(4-17)20-11(12)16-3-2-6-9(13)14-5-15-10(6)16/h2-3,5,7-8,11,17-19H,4H2,1H3,(H2,13,14,15)/t7-,8+,11-,12+/m0/s1. The number of nitrogens with zero attached hydrogens (tertiary/aromatic N) is 3.